The van der Waals surface area contributed by atoms with Crippen molar-refractivity contribution in [3.8, 4) is 11.1 Å². The molecule has 21 heavy (non-hydrogen) atoms. The van der Waals surface area contributed by atoms with Gasteiger partial charge in [-0.3, -0.25) is 4.98 Å². The molecule has 3 aromatic rings. The molecular formula is C16H16N2O2S. The van der Waals surface area contributed by atoms with Crippen LogP contribution < -0.4 is 0 Å². The monoisotopic (exact) mass is 300 g/mol. The first-order chi connectivity index (χ1) is 9.86. The first kappa shape index (κ1) is 13.8. The van der Waals surface area contributed by atoms with Gasteiger partial charge >= 0.3 is 0 Å². The number of hydrogen-bond acceptors (Lipinski definition) is 3. The zero-order chi connectivity index (χ0) is 15.2. The maximum atomic E-state index is 11.7. The van der Waals surface area contributed by atoms with Crippen molar-refractivity contribution in [2.24, 2.45) is 0 Å². The van der Waals surface area contributed by atoms with Gasteiger partial charge < -0.3 is 4.98 Å². The maximum Gasteiger partial charge on any atom is 0.175 e. The number of H-pyrrole nitrogens is 1. The van der Waals surface area contributed by atoms with Gasteiger partial charge in [0.05, 0.1) is 15.9 Å². The Morgan fingerprint density at radius 3 is 2.57 bits per heavy atom. The lowest BCUT2D eigenvalue weighted by atomic mass is 10.1. The van der Waals surface area contributed by atoms with Gasteiger partial charge in [0, 0.05) is 23.2 Å². The van der Waals surface area contributed by atoms with Crippen molar-refractivity contribution >= 4 is 20.9 Å². The Kier molecular flexibility index (Phi) is 3.10. The molecule has 5 heteroatoms. The third-order valence-corrected chi connectivity index (χ3v) is 4.63. The van der Waals surface area contributed by atoms with Crippen molar-refractivity contribution in [2.45, 2.75) is 18.7 Å². The second-order valence-corrected chi connectivity index (χ2v) is 7.29. The molecule has 3 rings (SSSR count). The minimum Gasteiger partial charge on any atom is -0.357 e. The minimum absolute atomic E-state index is 0.321. The summed E-state index contributed by atoms with van der Waals surface area (Å²) in [7, 11) is -3.22. The van der Waals surface area contributed by atoms with Gasteiger partial charge in [0.25, 0.3) is 0 Å². The summed E-state index contributed by atoms with van der Waals surface area (Å²) in [5, 5.41) is 0. The van der Waals surface area contributed by atoms with E-state index in [0.29, 0.717) is 4.90 Å². The Morgan fingerprint density at radius 1 is 1.10 bits per heavy atom. The number of aromatic nitrogens is 2. The number of rotatable bonds is 2. The molecule has 108 valence electrons. The SMILES string of the molecule is Cc1ccc2[nH]c(C)c(-c3cccc(S(C)(=O)=O)c3)c2n1. The maximum absolute atomic E-state index is 11.7. The van der Waals surface area contributed by atoms with Crippen LogP contribution in [0.3, 0.4) is 0 Å². The minimum atomic E-state index is -3.22. The van der Waals surface area contributed by atoms with Gasteiger partial charge in [0.2, 0.25) is 0 Å². The van der Waals surface area contributed by atoms with Crippen LogP contribution in [0.15, 0.2) is 41.3 Å². The molecule has 2 aromatic heterocycles. The lowest BCUT2D eigenvalue weighted by Gasteiger charge is -2.05. The van der Waals surface area contributed by atoms with Crippen molar-refractivity contribution in [2.75, 3.05) is 6.26 Å². The number of hydrogen-bond donors (Lipinski definition) is 1. The number of pyridine rings is 1. The third kappa shape index (κ3) is 2.45. The molecule has 0 aliphatic carbocycles. The Hall–Kier alpha value is -2.14. The van der Waals surface area contributed by atoms with Crippen molar-refractivity contribution < 1.29 is 8.42 Å². The summed E-state index contributed by atoms with van der Waals surface area (Å²) in [5.74, 6) is 0. The second-order valence-electron chi connectivity index (χ2n) is 5.27. The van der Waals surface area contributed by atoms with Gasteiger partial charge in [-0.1, -0.05) is 12.1 Å². The summed E-state index contributed by atoms with van der Waals surface area (Å²) in [6.07, 6.45) is 1.22. The van der Waals surface area contributed by atoms with Crippen LogP contribution in [0.2, 0.25) is 0 Å². The van der Waals surface area contributed by atoms with E-state index in [-0.39, 0.29) is 0 Å². The summed E-state index contributed by atoms with van der Waals surface area (Å²) >= 11 is 0. The lowest BCUT2D eigenvalue weighted by Crippen LogP contribution is -1.97. The predicted molar refractivity (Wildman–Crippen MR) is 84.1 cm³/mol. The smallest absolute Gasteiger partial charge is 0.175 e. The van der Waals surface area contributed by atoms with E-state index in [1.54, 1.807) is 18.2 Å². The van der Waals surface area contributed by atoms with E-state index >= 15 is 0 Å². The van der Waals surface area contributed by atoms with Gasteiger partial charge in [0.15, 0.2) is 9.84 Å². The molecule has 2 heterocycles. The number of nitrogens with one attached hydrogen (secondary N) is 1. The summed E-state index contributed by atoms with van der Waals surface area (Å²) in [6.45, 7) is 3.91. The molecule has 0 aliphatic heterocycles. The molecule has 0 saturated carbocycles. The average Bonchev–Trinajstić information content (AvgIpc) is 2.73. The second kappa shape index (κ2) is 4.70. The van der Waals surface area contributed by atoms with Crippen LogP contribution >= 0.6 is 0 Å². The van der Waals surface area contributed by atoms with E-state index in [2.05, 4.69) is 9.97 Å². The van der Waals surface area contributed by atoms with Crippen LogP contribution in [0.25, 0.3) is 22.2 Å². The number of sulfone groups is 1. The molecule has 4 nitrogen and oxygen atoms in total. The van der Waals surface area contributed by atoms with E-state index in [1.807, 2.05) is 32.0 Å². The molecule has 0 amide bonds. The van der Waals surface area contributed by atoms with E-state index in [1.165, 1.54) is 6.26 Å². The van der Waals surface area contributed by atoms with Crippen molar-refractivity contribution in [1.29, 1.82) is 0 Å². The zero-order valence-corrected chi connectivity index (χ0v) is 13.0. The number of benzene rings is 1. The third-order valence-electron chi connectivity index (χ3n) is 3.52. The van der Waals surface area contributed by atoms with Crippen molar-refractivity contribution in [3.05, 3.63) is 47.8 Å². The molecule has 0 fully saturated rings. The van der Waals surface area contributed by atoms with Crippen LogP contribution in [-0.2, 0) is 9.84 Å². The standard InChI is InChI=1S/C16H16N2O2S/c1-10-7-8-14-16(17-10)15(11(2)18-14)12-5-4-6-13(9-12)21(3,19)20/h4-9,18H,1-3H3. The van der Waals surface area contributed by atoms with Gasteiger partial charge in [0.1, 0.15) is 0 Å². The first-order valence-electron chi connectivity index (χ1n) is 6.62. The van der Waals surface area contributed by atoms with Crippen LogP contribution in [0.4, 0.5) is 0 Å². The summed E-state index contributed by atoms with van der Waals surface area (Å²) in [4.78, 5) is 8.20. The largest absolute Gasteiger partial charge is 0.357 e. The fourth-order valence-corrected chi connectivity index (χ4v) is 3.19. The van der Waals surface area contributed by atoms with Crippen LogP contribution in [0.5, 0.6) is 0 Å². The Morgan fingerprint density at radius 2 is 1.86 bits per heavy atom. The number of fused-ring (bicyclic) bond motifs is 1. The molecular weight excluding hydrogens is 284 g/mol. The molecule has 1 aromatic carbocycles. The van der Waals surface area contributed by atoms with E-state index in [4.69, 9.17) is 0 Å². The Bertz CT molecular complexity index is 940. The molecule has 0 unspecified atom stereocenters. The van der Waals surface area contributed by atoms with E-state index < -0.39 is 9.84 Å². The molecule has 0 spiro atoms. The Labute approximate surface area is 123 Å². The molecule has 0 bridgehead atoms. The first-order valence-corrected chi connectivity index (χ1v) is 8.52. The topological polar surface area (TPSA) is 62.8 Å². The molecule has 0 atom stereocenters. The van der Waals surface area contributed by atoms with Gasteiger partial charge in [-0.15, -0.1) is 0 Å². The van der Waals surface area contributed by atoms with Gasteiger partial charge in [-0.25, -0.2) is 8.42 Å². The highest BCUT2D eigenvalue weighted by Crippen LogP contribution is 2.32. The van der Waals surface area contributed by atoms with Gasteiger partial charge in [-0.05, 0) is 43.7 Å². The van der Waals surface area contributed by atoms with Crippen molar-refractivity contribution in [3.63, 3.8) is 0 Å². The summed E-state index contributed by atoms with van der Waals surface area (Å²) in [5.41, 5.74) is 5.56. The number of nitrogens with zero attached hydrogens (tertiary/aromatic N) is 1. The van der Waals surface area contributed by atoms with Crippen molar-refractivity contribution in [1.82, 2.24) is 9.97 Å². The fraction of sp³-hybridized carbons (Fsp3) is 0.188. The Balaban J connectivity index is 2.30. The normalized spacial score (nSPS) is 12.0. The highest BCUT2D eigenvalue weighted by Gasteiger charge is 2.14. The van der Waals surface area contributed by atoms with E-state index in [9.17, 15) is 8.42 Å². The lowest BCUT2D eigenvalue weighted by molar-refractivity contribution is 0.602. The summed E-state index contributed by atoms with van der Waals surface area (Å²) in [6, 6.07) is 10.9. The van der Waals surface area contributed by atoms with E-state index in [0.717, 1.165) is 33.5 Å². The number of aryl methyl sites for hydroxylation is 2. The highest BCUT2D eigenvalue weighted by atomic mass is 32.2. The molecule has 0 saturated heterocycles. The quantitative estimate of drug-likeness (QED) is 0.790. The predicted octanol–water partition coefficient (Wildman–Crippen LogP) is 3.25. The highest BCUT2D eigenvalue weighted by molar-refractivity contribution is 7.90. The molecule has 0 aliphatic rings. The van der Waals surface area contributed by atoms with Crippen LogP contribution in [0, 0.1) is 13.8 Å². The van der Waals surface area contributed by atoms with Crippen LogP contribution in [-0.4, -0.2) is 24.6 Å². The van der Waals surface area contributed by atoms with Crippen LogP contribution in [0.1, 0.15) is 11.4 Å². The number of aromatic amines is 1. The van der Waals surface area contributed by atoms with Gasteiger partial charge in [-0.2, -0.15) is 0 Å². The summed E-state index contributed by atoms with van der Waals surface area (Å²) < 4.78 is 23.5. The molecule has 0 radical (unpaired) electrons. The average molecular weight is 300 g/mol. The fourth-order valence-electron chi connectivity index (χ4n) is 2.53. The molecule has 1 N–H and O–H groups in total. The zero-order valence-electron chi connectivity index (χ0n) is 12.1.